The van der Waals surface area contributed by atoms with Crippen molar-refractivity contribution in [3.63, 3.8) is 0 Å². The van der Waals surface area contributed by atoms with E-state index in [0.717, 1.165) is 5.56 Å². The highest BCUT2D eigenvalue weighted by Gasteiger charge is 2.10. The van der Waals surface area contributed by atoms with Crippen molar-refractivity contribution in [2.24, 2.45) is 5.10 Å². The molecule has 3 rings (SSSR count). The van der Waals surface area contributed by atoms with Crippen molar-refractivity contribution >= 4 is 18.1 Å². The maximum Gasteiger partial charge on any atom is 0.343 e. The normalized spacial score (nSPS) is 10.5. The summed E-state index contributed by atoms with van der Waals surface area (Å²) in [5, 5.41) is 3.96. The van der Waals surface area contributed by atoms with Crippen LogP contribution in [0.25, 0.3) is 0 Å². The van der Waals surface area contributed by atoms with E-state index in [1.165, 1.54) is 13.3 Å². The predicted molar refractivity (Wildman–Crippen MR) is 117 cm³/mol. The van der Waals surface area contributed by atoms with Gasteiger partial charge in [0.1, 0.15) is 17.2 Å². The van der Waals surface area contributed by atoms with Gasteiger partial charge in [0.25, 0.3) is 5.91 Å². The second-order valence-electron chi connectivity index (χ2n) is 6.32. The highest BCUT2D eigenvalue weighted by molar-refractivity contribution is 5.97. The number of hydrogen-bond donors (Lipinski definition) is 1. The average Bonchev–Trinajstić information content (AvgIpc) is 2.80. The molecule has 0 fully saturated rings. The Morgan fingerprint density at radius 1 is 0.935 bits per heavy atom. The zero-order valence-corrected chi connectivity index (χ0v) is 17.2. The van der Waals surface area contributed by atoms with Gasteiger partial charge in [0.05, 0.1) is 31.1 Å². The van der Waals surface area contributed by atoms with Crippen molar-refractivity contribution in [2.45, 2.75) is 6.92 Å². The molecule has 0 aromatic heterocycles. The largest absolute Gasteiger partial charge is 0.496 e. The van der Waals surface area contributed by atoms with Crippen LogP contribution < -0.4 is 19.6 Å². The third kappa shape index (κ3) is 5.93. The van der Waals surface area contributed by atoms with Gasteiger partial charge in [-0.1, -0.05) is 12.1 Å². The Morgan fingerprint density at radius 2 is 1.61 bits per heavy atom. The van der Waals surface area contributed by atoms with Crippen molar-refractivity contribution < 1.29 is 23.8 Å². The van der Waals surface area contributed by atoms with E-state index in [9.17, 15) is 9.59 Å². The Bertz CT molecular complexity index is 1060. The van der Waals surface area contributed by atoms with Gasteiger partial charge >= 0.3 is 5.97 Å². The molecule has 7 nitrogen and oxygen atoms in total. The number of nitrogens with zero attached hydrogens (tertiary/aromatic N) is 1. The molecule has 0 radical (unpaired) electrons. The van der Waals surface area contributed by atoms with Gasteiger partial charge in [0.15, 0.2) is 0 Å². The first kappa shape index (κ1) is 21.6. The zero-order chi connectivity index (χ0) is 22.1. The number of methoxy groups -OCH3 is 1. The van der Waals surface area contributed by atoms with E-state index in [-0.39, 0.29) is 5.91 Å². The van der Waals surface area contributed by atoms with Crippen molar-refractivity contribution in [1.82, 2.24) is 5.43 Å². The number of carbonyl (C=O) groups is 2. The summed E-state index contributed by atoms with van der Waals surface area (Å²) >= 11 is 0. The van der Waals surface area contributed by atoms with Gasteiger partial charge < -0.3 is 14.2 Å². The van der Waals surface area contributed by atoms with Gasteiger partial charge in [-0.2, -0.15) is 5.10 Å². The van der Waals surface area contributed by atoms with Gasteiger partial charge in [-0.15, -0.1) is 0 Å². The standard InChI is InChI=1S/C24H22N2O5/c1-3-30-19-14-10-18(11-15-19)24(28)31-20-12-8-17(9-13-20)16-25-26-23(27)21-6-4-5-7-22(21)29-2/h4-16H,3H2,1-2H3,(H,26,27). The highest BCUT2D eigenvalue weighted by Crippen LogP contribution is 2.18. The van der Waals surface area contributed by atoms with Gasteiger partial charge in [-0.3, -0.25) is 4.79 Å². The van der Waals surface area contributed by atoms with Gasteiger partial charge in [0, 0.05) is 0 Å². The molecule has 31 heavy (non-hydrogen) atoms. The smallest absolute Gasteiger partial charge is 0.343 e. The molecular weight excluding hydrogens is 396 g/mol. The molecule has 3 aromatic rings. The Hall–Kier alpha value is -4.13. The Balaban J connectivity index is 1.56. The fraction of sp³-hybridized carbons (Fsp3) is 0.125. The summed E-state index contributed by atoms with van der Waals surface area (Å²) in [6, 6.07) is 20.4. The van der Waals surface area contributed by atoms with Crippen LogP contribution in [0.15, 0.2) is 77.9 Å². The number of esters is 1. The number of para-hydroxylation sites is 1. The Labute approximate surface area is 180 Å². The van der Waals surface area contributed by atoms with Gasteiger partial charge in [-0.25, -0.2) is 10.2 Å². The molecule has 0 spiro atoms. The molecule has 3 aromatic carbocycles. The van der Waals surface area contributed by atoms with E-state index in [0.29, 0.717) is 35.0 Å². The second-order valence-corrected chi connectivity index (χ2v) is 6.32. The molecular formula is C24H22N2O5. The molecule has 0 saturated heterocycles. The fourth-order valence-corrected chi connectivity index (χ4v) is 2.70. The number of carbonyl (C=O) groups excluding carboxylic acids is 2. The molecule has 0 unspecified atom stereocenters. The molecule has 7 heteroatoms. The topological polar surface area (TPSA) is 86.2 Å². The van der Waals surface area contributed by atoms with Crippen molar-refractivity contribution in [1.29, 1.82) is 0 Å². The summed E-state index contributed by atoms with van der Waals surface area (Å²) in [6.45, 7) is 2.45. The van der Waals surface area contributed by atoms with Crippen LogP contribution in [0.4, 0.5) is 0 Å². The lowest BCUT2D eigenvalue weighted by molar-refractivity contribution is 0.0734. The number of hydrogen-bond acceptors (Lipinski definition) is 6. The zero-order valence-electron chi connectivity index (χ0n) is 17.2. The summed E-state index contributed by atoms with van der Waals surface area (Å²) in [7, 11) is 1.50. The average molecular weight is 418 g/mol. The fourth-order valence-electron chi connectivity index (χ4n) is 2.70. The number of rotatable bonds is 8. The SMILES string of the molecule is CCOc1ccc(C(=O)Oc2ccc(C=NNC(=O)c3ccccc3OC)cc2)cc1. The molecule has 0 heterocycles. The van der Waals surface area contributed by atoms with Crippen LogP contribution in [0.3, 0.4) is 0 Å². The minimum absolute atomic E-state index is 0.380. The number of amides is 1. The second kappa shape index (κ2) is 10.6. The molecule has 0 saturated carbocycles. The van der Waals surface area contributed by atoms with Crippen LogP contribution in [0.2, 0.25) is 0 Å². The van der Waals surface area contributed by atoms with E-state index in [2.05, 4.69) is 10.5 Å². The van der Waals surface area contributed by atoms with E-state index in [1.807, 2.05) is 6.92 Å². The maximum atomic E-state index is 12.3. The summed E-state index contributed by atoms with van der Waals surface area (Å²) in [6.07, 6.45) is 1.49. The first-order valence-corrected chi connectivity index (χ1v) is 9.62. The number of hydrazone groups is 1. The number of ether oxygens (including phenoxy) is 3. The molecule has 0 aliphatic heterocycles. The lowest BCUT2D eigenvalue weighted by Gasteiger charge is -2.07. The van der Waals surface area contributed by atoms with E-state index < -0.39 is 5.97 Å². The van der Waals surface area contributed by atoms with Crippen molar-refractivity contribution in [3.05, 3.63) is 89.5 Å². The molecule has 0 atom stereocenters. The molecule has 0 aliphatic rings. The molecule has 158 valence electrons. The molecule has 0 aliphatic carbocycles. The Kier molecular flexibility index (Phi) is 7.37. The van der Waals surface area contributed by atoms with Crippen LogP contribution in [0.1, 0.15) is 33.2 Å². The van der Waals surface area contributed by atoms with Crippen LogP contribution in [0, 0.1) is 0 Å². The first-order valence-electron chi connectivity index (χ1n) is 9.62. The van der Waals surface area contributed by atoms with E-state index in [4.69, 9.17) is 14.2 Å². The van der Waals surface area contributed by atoms with Crippen LogP contribution in [0.5, 0.6) is 17.2 Å². The third-order valence-corrected chi connectivity index (χ3v) is 4.22. The highest BCUT2D eigenvalue weighted by atomic mass is 16.5. The molecule has 1 N–H and O–H groups in total. The van der Waals surface area contributed by atoms with Gasteiger partial charge in [-0.05, 0) is 73.2 Å². The minimum Gasteiger partial charge on any atom is -0.496 e. The summed E-state index contributed by atoms with van der Waals surface area (Å²) in [5.41, 5.74) is 3.99. The first-order chi connectivity index (χ1) is 15.1. The monoisotopic (exact) mass is 418 g/mol. The lowest BCUT2D eigenvalue weighted by Crippen LogP contribution is -2.18. The predicted octanol–water partition coefficient (Wildman–Crippen LogP) is 4.08. The quantitative estimate of drug-likeness (QED) is 0.258. The molecule has 0 bridgehead atoms. The van der Waals surface area contributed by atoms with E-state index >= 15 is 0 Å². The third-order valence-electron chi connectivity index (χ3n) is 4.22. The lowest BCUT2D eigenvalue weighted by atomic mass is 10.2. The summed E-state index contributed by atoms with van der Waals surface area (Å²) < 4.78 is 15.9. The van der Waals surface area contributed by atoms with Crippen molar-refractivity contribution in [3.8, 4) is 17.2 Å². The maximum absolute atomic E-state index is 12.3. The Morgan fingerprint density at radius 3 is 2.29 bits per heavy atom. The number of nitrogens with one attached hydrogen (secondary N) is 1. The van der Waals surface area contributed by atoms with Crippen molar-refractivity contribution in [2.75, 3.05) is 13.7 Å². The van der Waals surface area contributed by atoms with Crippen LogP contribution in [-0.4, -0.2) is 31.8 Å². The molecule has 1 amide bonds. The van der Waals surface area contributed by atoms with Crippen LogP contribution >= 0.6 is 0 Å². The van der Waals surface area contributed by atoms with E-state index in [1.54, 1.807) is 72.8 Å². The minimum atomic E-state index is -0.464. The summed E-state index contributed by atoms with van der Waals surface area (Å²) in [4.78, 5) is 24.5. The van der Waals surface area contributed by atoms with Crippen LogP contribution in [-0.2, 0) is 0 Å². The summed E-state index contributed by atoms with van der Waals surface area (Å²) in [5.74, 6) is 0.714. The number of benzene rings is 3. The van der Waals surface area contributed by atoms with Gasteiger partial charge in [0.2, 0.25) is 0 Å².